The third-order valence-electron chi connectivity index (χ3n) is 3.30. The van der Waals surface area contributed by atoms with Gasteiger partial charge in [-0.25, -0.2) is 4.39 Å². The van der Waals surface area contributed by atoms with Crippen molar-refractivity contribution in [1.82, 2.24) is 9.78 Å². The van der Waals surface area contributed by atoms with Gasteiger partial charge in [-0.05, 0) is 31.9 Å². The Bertz CT molecular complexity index is 585. The van der Waals surface area contributed by atoms with E-state index in [9.17, 15) is 9.50 Å². The first-order chi connectivity index (χ1) is 7.96. The highest BCUT2D eigenvalue weighted by atomic mass is 79.9. The van der Waals surface area contributed by atoms with E-state index in [0.717, 1.165) is 5.39 Å². The Hall–Kier alpha value is -0.940. The average Bonchev–Trinajstić information content (AvgIpc) is 2.57. The molecule has 1 N–H and O–H groups in total. The maximum absolute atomic E-state index is 13.9. The minimum absolute atomic E-state index is 0.0955. The standard InChI is InChI=1S/C12H12BrFN2O/c1-12(17)4-9(5-12)16-11-7(6-15-16)2-8(13)3-10(11)14/h2-3,6,9,17H,4-5H2,1H3. The maximum atomic E-state index is 13.9. The van der Waals surface area contributed by atoms with Crippen molar-refractivity contribution in [2.45, 2.75) is 31.4 Å². The number of aliphatic hydroxyl groups is 1. The minimum atomic E-state index is -0.630. The van der Waals surface area contributed by atoms with E-state index in [1.54, 1.807) is 17.8 Å². The maximum Gasteiger partial charge on any atom is 0.150 e. The lowest BCUT2D eigenvalue weighted by Gasteiger charge is -2.41. The summed E-state index contributed by atoms with van der Waals surface area (Å²) in [6.07, 6.45) is 2.91. The first kappa shape index (κ1) is 11.2. The predicted octanol–water partition coefficient (Wildman–Crippen LogP) is 3.02. The van der Waals surface area contributed by atoms with Crippen LogP contribution < -0.4 is 0 Å². The van der Waals surface area contributed by atoms with Gasteiger partial charge < -0.3 is 5.11 Å². The summed E-state index contributed by atoms with van der Waals surface area (Å²) in [6.45, 7) is 1.79. The van der Waals surface area contributed by atoms with Crippen LogP contribution in [0.15, 0.2) is 22.8 Å². The van der Waals surface area contributed by atoms with Crippen molar-refractivity contribution in [3.63, 3.8) is 0 Å². The molecule has 3 rings (SSSR count). The third-order valence-corrected chi connectivity index (χ3v) is 3.76. The first-order valence-corrected chi connectivity index (χ1v) is 6.30. The second-order valence-corrected chi connectivity index (χ2v) is 5.89. The summed E-state index contributed by atoms with van der Waals surface area (Å²) >= 11 is 3.26. The van der Waals surface area contributed by atoms with E-state index in [1.165, 1.54) is 6.07 Å². The number of nitrogens with zero attached hydrogens (tertiary/aromatic N) is 2. The first-order valence-electron chi connectivity index (χ1n) is 5.51. The second-order valence-electron chi connectivity index (χ2n) is 4.97. The summed E-state index contributed by atoms with van der Waals surface area (Å²) < 4.78 is 16.3. The van der Waals surface area contributed by atoms with Crippen LogP contribution in [0.4, 0.5) is 4.39 Å². The molecule has 5 heteroatoms. The van der Waals surface area contributed by atoms with Crippen LogP contribution in [0.1, 0.15) is 25.8 Å². The molecule has 0 saturated heterocycles. The zero-order valence-electron chi connectivity index (χ0n) is 9.32. The van der Waals surface area contributed by atoms with Gasteiger partial charge in [0.2, 0.25) is 0 Å². The zero-order chi connectivity index (χ0) is 12.2. The molecule has 1 fully saturated rings. The number of hydrogen-bond acceptors (Lipinski definition) is 2. The SMILES string of the molecule is CC1(O)CC(n2ncc3cc(Br)cc(F)c32)C1. The Labute approximate surface area is 106 Å². The molecule has 90 valence electrons. The highest BCUT2D eigenvalue weighted by molar-refractivity contribution is 9.10. The smallest absolute Gasteiger partial charge is 0.150 e. The Kier molecular flexibility index (Phi) is 2.32. The molecule has 0 radical (unpaired) electrons. The van der Waals surface area contributed by atoms with Crippen molar-refractivity contribution in [2.75, 3.05) is 0 Å². The van der Waals surface area contributed by atoms with Crippen LogP contribution in [0, 0.1) is 5.82 Å². The minimum Gasteiger partial charge on any atom is -0.390 e. The van der Waals surface area contributed by atoms with Gasteiger partial charge in [-0.3, -0.25) is 4.68 Å². The molecule has 0 bridgehead atoms. The summed E-state index contributed by atoms with van der Waals surface area (Å²) in [5.74, 6) is -0.279. The average molecular weight is 299 g/mol. The van der Waals surface area contributed by atoms with Gasteiger partial charge in [0, 0.05) is 9.86 Å². The molecule has 1 aliphatic rings. The molecule has 1 aromatic carbocycles. The van der Waals surface area contributed by atoms with Crippen molar-refractivity contribution < 1.29 is 9.50 Å². The number of halogens is 2. The number of hydrogen-bond donors (Lipinski definition) is 1. The molecule has 0 spiro atoms. The van der Waals surface area contributed by atoms with Crippen molar-refractivity contribution in [2.24, 2.45) is 0 Å². The van der Waals surface area contributed by atoms with Crippen molar-refractivity contribution in [3.8, 4) is 0 Å². The van der Waals surface area contributed by atoms with Gasteiger partial charge in [0.1, 0.15) is 11.3 Å². The summed E-state index contributed by atoms with van der Waals surface area (Å²) in [6, 6.07) is 3.38. The molecule has 1 aliphatic carbocycles. The lowest BCUT2D eigenvalue weighted by atomic mass is 9.77. The molecule has 0 aliphatic heterocycles. The van der Waals surface area contributed by atoms with Gasteiger partial charge in [0.15, 0.2) is 0 Å². The van der Waals surface area contributed by atoms with Gasteiger partial charge in [-0.2, -0.15) is 5.10 Å². The van der Waals surface area contributed by atoms with E-state index in [0.29, 0.717) is 22.8 Å². The largest absolute Gasteiger partial charge is 0.390 e. The van der Waals surface area contributed by atoms with Crippen LogP contribution in [0.3, 0.4) is 0 Å². The molecule has 0 unspecified atom stereocenters. The Balaban J connectivity index is 2.07. The van der Waals surface area contributed by atoms with Crippen LogP contribution in [0.2, 0.25) is 0 Å². The number of benzene rings is 1. The topological polar surface area (TPSA) is 38.0 Å². The summed E-state index contributed by atoms with van der Waals surface area (Å²) in [7, 11) is 0. The lowest BCUT2D eigenvalue weighted by Crippen LogP contribution is -2.42. The second kappa shape index (κ2) is 3.53. The fourth-order valence-corrected chi connectivity index (χ4v) is 2.96. The third kappa shape index (κ3) is 1.77. The molecule has 1 saturated carbocycles. The summed E-state index contributed by atoms with van der Waals surface area (Å²) in [4.78, 5) is 0. The normalized spacial score (nSPS) is 28.4. The summed E-state index contributed by atoms with van der Waals surface area (Å²) in [5, 5.41) is 14.7. The van der Waals surface area contributed by atoms with Crippen LogP contribution in [-0.2, 0) is 0 Å². The van der Waals surface area contributed by atoms with E-state index in [-0.39, 0.29) is 11.9 Å². The monoisotopic (exact) mass is 298 g/mol. The van der Waals surface area contributed by atoms with E-state index in [1.807, 2.05) is 6.07 Å². The Morgan fingerprint density at radius 2 is 2.24 bits per heavy atom. The molecule has 3 nitrogen and oxygen atoms in total. The Morgan fingerprint density at radius 1 is 1.53 bits per heavy atom. The molecule has 17 heavy (non-hydrogen) atoms. The van der Waals surface area contributed by atoms with E-state index >= 15 is 0 Å². The molecule has 0 amide bonds. The number of fused-ring (bicyclic) bond motifs is 1. The summed E-state index contributed by atoms with van der Waals surface area (Å²) in [5.41, 5.74) is -0.108. The van der Waals surface area contributed by atoms with Crippen LogP contribution in [0.25, 0.3) is 10.9 Å². The van der Waals surface area contributed by atoms with E-state index in [4.69, 9.17) is 0 Å². The van der Waals surface area contributed by atoms with E-state index < -0.39 is 5.60 Å². The zero-order valence-corrected chi connectivity index (χ0v) is 10.9. The van der Waals surface area contributed by atoms with Gasteiger partial charge in [-0.15, -0.1) is 0 Å². The van der Waals surface area contributed by atoms with Crippen molar-refractivity contribution in [1.29, 1.82) is 0 Å². The number of rotatable bonds is 1. The van der Waals surface area contributed by atoms with E-state index in [2.05, 4.69) is 21.0 Å². The van der Waals surface area contributed by atoms with Crippen molar-refractivity contribution in [3.05, 3.63) is 28.6 Å². The predicted molar refractivity (Wildman–Crippen MR) is 66.3 cm³/mol. The van der Waals surface area contributed by atoms with Gasteiger partial charge >= 0.3 is 0 Å². The number of aromatic nitrogens is 2. The molecule has 2 aromatic rings. The molecular formula is C12H12BrFN2O. The van der Waals surface area contributed by atoms with Crippen molar-refractivity contribution >= 4 is 26.8 Å². The quantitative estimate of drug-likeness (QED) is 0.879. The molecular weight excluding hydrogens is 287 g/mol. The van der Waals surface area contributed by atoms with Crippen LogP contribution in [0.5, 0.6) is 0 Å². The fourth-order valence-electron chi connectivity index (χ4n) is 2.51. The fraction of sp³-hybridized carbons (Fsp3) is 0.417. The molecule has 1 aromatic heterocycles. The lowest BCUT2D eigenvalue weighted by molar-refractivity contribution is -0.0531. The highest BCUT2D eigenvalue weighted by Gasteiger charge is 2.40. The van der Waals surface area contributed by atoms with Crippen LogP contribution in [-0.4, -0.2) is 20.5 Å². The van der Waals surface area contributed by atoms with Gasteiger partial charge in [0.05, 0.1) is 17.8 Å². The van der Waals surface area contributed by atoms with Crippen LogP contribution >= 0.6 is 15.9 Å². The molecule has 1 heterocycles. The molecule has 0 atom stereocenters. The Morgan fingerprint density at radius 3 is 2.88 bits per heavy atom. The van der Waals surface area contributed by atoms with Gasteiger partial charge in [0.25, 0.3) is 0 Å². The van der Waals surface area contributed by atoms with Gasteiger partial charge in [-0.1, -0.05) is 15.9 Å². The highest BCUT2D eigenvalue weighted by Crippen LogP contribution is 2.42.